The lowest BCUT2D eigenvalue weighted by Gasteiger charge is -2.10. The second kappa shape index (κ2) is 9.06. The highest BCUT2D eigenvalue weighted by molar-refractivity contribution is 6.05. The van der Waals surface area contributed by atoms with Gasteiger partial charge < -0.3 is 15.4 Å². The second-order valence-corrected chi connectivity index (χ2v) is 6.88. The number of hydrogen-bond donors (Lipinski definition) is 2. The molecule has 0 spiro atoms. The van der Waals surface area contributed by atoms with E-state index in [-0.39, 0.29) is 11.8 Å². The minimum atomic E-state index is -0.205. The number of rotatable bonds is 6. The highest BCUT2D eigenvalue weighted by Gasteiger charge is 2.10. The molecule has 5 heteroatoms. The standard InChI is InChI=1S/C24H24N2O3/c1-16-4-5-17(2)22(14-16)26-24(28)20-10-8-19(9-11-20)23(27)25-15-18-6-12-21(29-3)13-7-18/h4-14H,15H2,1-3H3,(H,25,27)(H,26,28). The van der Waals surface area contributed by atoms with Crippen LogP contribution in [0.2, 0.25) is 0 Å². The summed E-state index contributed by atoms with van der Waals surface area (Å²) < 4.78 is 5.12. The normalized spacial score (nSPS) is 10.3. The van der Waals surface area contributed by atoms with E-state index in [1.807, 2.05) is 56.3 Å². The van der Waals surface area contributed by atoms with Gasteiger partial charge in [-0.15, -0.1) is 0 Å². The molecule has 0 aliphatic carbocycles. The van der Waals surface area contributed by atoms with Crippen LogP contribution in [0.25, 0.3) is 0 Å². The molecule has 0 aromatic heterocycles. The monoisotopic (exact) mass is 388 g/mol. The van der Waals surface area contributed by atoms with Crippen molar-refractivity contribution in [3.8, 4) is 5.75 Å². The van der Waals surface area contributed by atoms with Crippen LogP contribution in [0.4, 0.5) is 5.69 Å². The zero-order valence-electron chi connectivity index (χ0n) is 16.8. The fraction of sp³-hybridized carbons (Fsp3) is 0.167. The van der Waals surface area contributed by atoms with Crippen molar-refractivity contribution in [1.82, 2.24) is 5.32 Å². The molecule has 2 amide bonds. The Labute approximate surface area is 170 Å². The summed E-state index contributed by atoms with van der Waals surface area (Å²) in [6.07, 6.45) is 0. The number of nitrogens with one attached hydrogen (secondary N) is 2. The number of aryl methyl sites for hydroxylation is 2. The molecule has 0 radical (unpaired) electrons. The summed E-state index contributed by atoms with van der Waals surface area (Å²) in [5.74, 6) is 0.376. The van der Waals surface area contributed by atoms with Crippen LogP contribution in [0, 0.1) is 13.8 Å². The molecule has 3 aromatic rings. The zero-order chi connectivity index (χ0) is 20.8. The molecule has 2 N–H and O–H groups in total. The molecule has 0 aliphatic heterocycles. The Hall–Kier alpha value is -3.60. The Balaban J connectivity index is 1.60. The van der Waals surface area contributed by atoms with Crippen LogP contribution in [-0.2, 0) is 6.54 Å². The molecule has 0 heterocycles. The Morgan fingerprint density at radius 1 is 0.828 bits per heavy atom. The molecule has 0 fully saturated rings. The van der Waals surface area contributed by atoms with Gasteiger partial charge in [0.1, 0.15) is 5.75 Å². The topological polar surface area (TPSA) is 67.4 Å². The van der Waals surface area contributed by atoms with Gasteiger partial charge in [0.15, 0.2) is 0 Å². The van der Waals surface area contributed by atoms with Gasteiger partial charge in [0.25, 0.3) is 11.8 Å². The molecular weight excluding hydrogens is 364 g/mol. The molecule has 0 aliphatic rings. The van der Waals surface area contributed by atoms with Crippen molar-refractivity contribution >= 4 is 17.5 Å². The Kier molecular flexibility index (Phi) is 6.29. The molecule has 0 saturated carbocycles. The summed E-state index contributed by atoms with van der Waals surface area (Å²) in [4.78, 5) is 24.9. The zero-order valence-corrected chi connectivity index (χ0v) is 16.8. The first-order valence-corrected chi connectivity index (χ1v) is 9.36. The van der Waals surface area contributed by atoms with Crippen LogP contribution in [0.1, 0.15) is 37.4 Å². The minimum Gasteiger partial charge on any atom is -0.497 e. The number of methoxy groups -OCH3 is 1. The molecule has 0 atom stereocenters. The number of benzene rings is 3. The summed E-state index contributed by atoms with van der Waals surface area (Å²) >= 11 is 0. The minimum absolute atomic E-state index is 0.192. The number of ether oxygens (including phenoxy) is 1. The highest BCUT2D eigenvalue weighted by Crippen LogP contribution is 2.18. The molecule has 0 bridgehead atoms. The first-order chi connectivity index (χ1) is 14.0. The molecule has 29 heavy (non-hydrogen) atoms. The summed E-state index contributed by atoms with van der Waals surface area (Å²) in [5, 5.41) is 5.80. The van der Waals surface area contributed by atoms with E-state index in [2.05, 4.69) is 10.6 Å². The molecule has 0 saturated heterocycles. The third-order valence-electron chi connectivity index (χ3n) is 4.66. The fourth-order valence-electron chi connectivity index (χ4n) is 2.87. The van der Waals surface area contributed by atoms with Gasteiger partial charge in [0.05, 0.1) is 7.11 Å². The van der Waals surface area contributed by atoms with Crippen LogP contribution in [-0.4, -0.2) is 18.9 Å². The van der Waals surface area contributed by atoms with Crippen molar-refractivity contribution in [2.45, 2.75) is 20.4 Å². The quantitative estimate of drug-likeness (QED) is 0.654. The lowest BCUT2D eigenvalue weighted by atomic mass is 10.1. The Bertz CT molecular complexity index is 1010. The number of amides is 2. The van der Waals surface area contributed by atoms with Gasteiger partial charge in [-0.2, -0.15) is 0 Å². The van der Waals surface area contributed by atoms with Gasteiger partial charge in [0, 0.05) is 23.4 Å². The van der Waals surface area contributed by atoms with Crippen molar-refractivity contribution < 1.29 is 14.3 Å². The van der Waals surface area contributed by atoms with E-state index in [1.54, 1.807) is 31.4 Å². The predicted octanol–water partition coefficient (Wildman–Crippen LogP) is 4.49. The molecule has 5 nitrogen and oxygen atoms in total. The smallest absolute Gasteiger partial charge is 0.255 e. The maximum absolute atomic E-state index is 12.5. The maximum atomic E-state index is 12.5. The molecule has 0 unspecified atom stereocenters. The number of hydrogen-bond acceptors (Lipinski definition) is 3. The molecule has 3 aromatic carbocycles. The summed E-state index contributed by atoms with van der Waals surface area (Å²) in [5.41, 5.74) is 4.84. The third-order valence-corrected chi connectivity index (χ3v) is 4.66. The molecule has 148 valence electrons. The van der Waals surface area contributed by atoms with Crippen LogP contribution in [0.3, 0.4) is 0 Å². The van der Waals surface area contributed by atoms with E-state index >= 15 is 0 Å². The molecular formula is C24H24N2O3. The average Bonchev–Trinajstić information content (AvgIpc) is 2.75. The largest absolute Gasteiger partial charge is 0.497 e. The highest BCUT2D eigenvalue weighted by atomic mass is 16.5. The fourth-order valence-corrected chi connectivity index (χ4v) is 2.87. The van der Waals surface area contributed by atoms with Crippen LogP contribution < -0.4 is 15.4 Å². The predicted molar refractivity (Wildman–Crippen MR) is 114 cm³/mol. The second-order valence-electron chi connectivity index (χ2n) is 6.88. The van der Waals surface area contributed by atoms with E-state index in [4.69, 9.17) is 4.74 Å². The number of anilines is 1. The first kappa shape index (κ1) is 20.1. The third kappa shape index (κ3) is 5.23. The van der Waals surface area contributed by atoms with Gasteiger partial charge in [0.2, 0.25) is 0 Å². The van der Waals surface area contributed by atoms with E-state index in [9.17, 15) is 9.59 Å². The lowest BCUT2D eigenvalue weighted by Crippen LogP contribution is -2.23. The van der Waals surface area contributed by atoms with Crippen LogP contribution in [0.15, 0.2) is 66.7 Å². The van der Waals surface area contributed by atoms with E-state index < -0.39 is 0 Å². The van der Waals surface area contributed by atoms with Crippen LogP contribution >= 0.6 is 0 Å². The van der Waals surface area contributed by atoms with E-state index in [0.717, 1.165) is 28.1 Å². The Morgan fingerprint density at radius 2 is 1.45 bits per heavy atom. The summed E-state index contributed by atoms with van der Waals surface area (Å²) in [6.45, 7) is 4.34. The van der Waals surface area contributed by atoms with E-state index in [1.165, 1.54) is 0 Å². The molecule has 3 rings (SSSR count). The SMILES string of the molecule is COc1ccc(CNC(=O)c2ccc(C(=O)Nc3cc(C)ccc3C)cc2)cc1. The summed E-state index contributed by atoms with van der Waals surface area (Å²) in [7, 11) is 1.61. The van der Waals surface area contributed by atoms with Crippen molar-refractivity contribution in [1.29, 1.82) is 0 Å². The van der Waals surface area contributed by atoms with Gasteiger partial charge >= 0.3 is 0 Å². The van der Waals surface area contributed by atoms with Gasteiger partial charge in [-0.05, 0) is 73.0 Å². The van der Waals surface area contributed by atoms with Crippen molar-refractivity contribution in [2.24, 2.45) is 0 Å². The number of carbonyl (C=O) groups excluding carboxylic acids is 2. The van der Waals surface area contributed by atoms with Crippen LogP contribution in [0.5, 0.6) is 5.75 Å². The van der Waals surface area contributed by atoms with Crippen molar-refractivity contribution in [2.75, 3.05) is 12.4 Å². The van der Waals surface area contributed by atoms with Gasteiger partial charge in [-0.3, -0.25) is 9.59 Å². The maximum Gasteiger partial charge on any atom is 0.255 e. The van der Waals surface area contributed by atoms with Crippen molar-refractivity contribution in [3.63, 3.8) is 0 Å². The summed E-state index contributed by atoms with van der Waals surface area (Å²) in [6, 6.07) is 20.0. The first-order valence-electron chi connectivity index (χ1n) is 9.36. The number of carbonyl (C=O) groups is 2. The van der Waals surface area contributed by atoms with E-state index in [0.29, 0.717) is 17.7 Å². The van der Waals surface area contributed by atoms with Gasteiger partial charge in [-0.1, -0.05) is 24.3 Å². The lowest BCUT2D eigenvalue weighted by molar-refractivity contribution is 0.0949. The Morgan fingerprint density at radius 3 is 2.07 bits per heavy atom. The average molecular weight is 388 g/mol. The van der Waals surface area contributed by atoms with Crippen molar-refractivity contribution in [3.05, 3.63) is 94.5 Å². The van der Waals surface area contributed by atoms with Gasteiger partial charge in [-0.25, -0.2) is 0 Å².